The van der Waals surface area contributed by atoms with E-state index in [0.717, 1.165) is 36.6 Å². The maximum absolute atomic E-state index is 13.5. The van der Waals surface area contributed by atoms with Gasteiger partial charge in [0.05, 0.1) is 28.1 Å². The lowest BCUT2D eigenvalue weighted by Crippen LogP contribution is -2.25. The van der Waals surface area contributed by atoms with Crippen molar-refractivity contribution >= 4 is 50.3 Å². The summed E-state index contributed by atoms with van der Waals surface area (Å²) >= 11 is 9.61. The minimum absolute atomic E-state index is 0.0706. The highest BCUT2D eigenvalue weighted by molar-refractivity contribution is 9.10. The third-order valence-corrected chi connectivity index (χ3v) is 6.98. The van der Waals surface area contributed by atoms with Gasteiger partial charge in [0, 0.05) is 27.0 Å². The van der Waals surface area contributed by atoms with Crippen LogP contribution in [0.4, 0.5) is 5.69 Å². The number of hydrogen-bond acceptors (Lipinski definition) is 6. The Morgan fingerprint density at radius 3 is 2.74 bits per heavy atom. The van der Waals surface area contributed by atoms with Gasteiger partial charge in [0.15, 0.2) is 0 Å². The summed E-state index contributed by atoms with van der Waals surface area (Å²) in [6, 6.07) is 8.21. The number of halogens is 2. The highest BCUT2D eigenvalue weighted by Crippen LogP contribution is 2.35. The highest BCUT2D eigenvalue weighted by Gasteiger charge is 2.24. The van der Waals surface area contributed by atoms with Crippen LogP contribution in [0.15, 0.2) is 44.7 Å². The molecule has 0 unspecified atom stereocenters. The van der Waals surface area contributed by atoms with E-state index in [-0.39, 0.29) is 34.0 Å². The first-order valence-corrected chi connectivity index (χ1v) is 12.9. The van der Waals surface area contributed by atoms with E-state index < -0.39 is 4.92 Å². The second kappa shape index (κ2) is 10.9. The Balaban J connectivity index is 1.89. The van der Waals surface area contributed by atoms with Crippen molar-refractivity contribution in [2.75, 3.05) is 0 Å². The van der Waals surface area contributed by atoms with Crippen molar-refractivity contribution in [1.82, 2.24) is 9.66 Å². The fourth-order valence-electron chi connectivity index (χ4n) is 4.27. The van der Waals surface area contributed by atoms with Crippen molar-refractivity contribution in [3.63, 3.8) is 0 Å². The number of nitro groups is 1. The molecule has 4 rings (SSSR count). The molecular formula is C25H26BrClN4O4. The van der Waals surface area contributed by atoms with Crippen LogP contribution < -0.4 is 10.3 Å². The Hall–Kier alpha value is -2.78. The van der Waals surface area contributed by atoms with Crippen molar-refractivity contribution in [2.24, 2.45) is 5.10 Å². The standard InChI is InChI=1S/C25H26BrClN4O4/c1-3-15(2)35-23-17(11-19(27)13-22(23)31(33)34)14-28-30-24(16-7-5-4-6-8-16)29-21-10-9-18(26)12-20(21)25(30)32/h9-16H,3-8H2,1-2H3/t15-/m0/s1. The van der Waals surface area contributed by atoms with Crippen molar-refractivity contribution in [3.8, 4) is 5.75 Å². The normalized spacial score (nSPS) is 15.5. The summed E-state index contributed by atoms with van der Waals surface area (Å²) < 4.78 is 7.98. The molecule has 0 radical (unpaired) electrons. The summed E-state index contributed by atoms with van der Waals surface area (Å²) in [6.07, 6.45) is 6.94. The SMILES string of the molecule is CC[C@H](C)Oc1c(C=Nn2c(C3CCCCC3)nc3ccc(Br)cc3c2=O)cc(Cl)cc1[N+](=O)[O-]. The zero-order valence-corrected chi connectivity index (χ0v) is 21.9. The molecule has 1 aromatic heterocycles. The first-order valence-electron chi connectivity index (χ1n) is 11.7. The number of aromatic nitrogens is 2. The molecule has 184 valence electrons. The van der Waals surface area contributed by atoms with Gasteiger partial charge in [0.25, 0.3) is 5.56 Å². The number of nitro benzene ring substituents is 1. The third-order valence-electron chi connectivity index (χ3n) is 6.27. The Bertz CT molecular complexity index is 1350. The molecule has 1 saturated carbocycles. The highest BCUT2D eigenvalue weighted by atomic mass is 79.9. The van der Waals surface area contributed by atoms with Crippen LogP contribution >= 0.6 is 27.5 Å². The lowest BCUT2D eigenvalue weighted by molar-refractivity contribution is -0.386. The van der Waals surface area contributed by atoms with Gasteiger partial charge in [-0.15, -0.1) is 0 Å². The second-order valence-corrected chi connectivity index (χ2v) is 10.1. The summed E-state index contributed by atoms with van der Waals surface area (Å²) in [5.41, 5.74) is 0.387. The Morgan fingerprint density at radius 1 is 1.31 bits per heavy atom. The van der Waals surface area contributed by atoms with Crippen molar-refractivity contribution in [3.05, 3.63) is 71.7 Å². The number of fused-ring (bicyclic) bond motifs is 1. The maximum Gasteiger partial charge on any atom is 0.313 e. The van der Waals surface area contributed by atoms with E-state index >= 15 is 0 Å². The van der Waals surface area contributed by atoms with E-state index in [0.29, 0.717) is 28.7 Å². The smallest absolute Gasteiger partial charge is 0.313 e. The van der Waals surface area contributed by atoms with Gasteiger partial charge in [-0.2, -0.15) is 9.78 Å². The van der Waals surface area contributed by atoms with Gasteiger partial charge in [0.2, 0.25) is 5.75 Å². The van der Waals surface area contributed by atoms with Crippen LogP contribution in [0.5, 0.6) is 5.75 Å². The average Bonchev–Trinajstić information content (AvgIpc) is 2.85. The predicted molar refractivity (Wildman–Crippen MR) is 141 cm³/mol. The minimum atomic E-state index is -0.532. The Labute approximate surface area is 216 Å². The minimum Gasteiger partial charge on any atom is -0.483 e. The zero-order valence-electron chi connectivity index (χ0n) is 19.5. The predicted octanol–water partition coefficient (Wildman–Crippen LogP) is 6.83. The summed E-state index contributed by atoms with van der Waals surface area (Å²) in [7, 11) is 0. The molecule has 1 aliphatic rings. The third kappa shape index (κ3) is 5.56. The van der Waals surface area contributed by atoms with Gasteiger partial charge < -0.3 is 4.74 Å². The summed E-state index contributed by atoms with van der Waals surface area (Å²) in [4.78, 5) is 29.5. The molecule has 0 N–H and O–H groups in total. The second-order valence-electron chi connectivity index (χ2n) is 8.77. The molecule has 0 bridgehead atoms. The van der Waals surface area contributed by atoms with E-state index in [1.54, 1.807) is 12.1 Å². The summed E-state index contributed by atoms with van der Waals surface area (Å²) in [6.45, 7) is 3.76. The van der Waals surface area contributed by atoms with E-state index in [9.17, 15) is 14.9 Å². The molecular weight excluding hydrogens is 536 g/mol. The number of hydrogen-bond donors (Lipinski definition) is 0. The Morgan fingerprint density at radius 2 is 2.06 bits per heavy atom. The van der Waals surface area contributed by atoms with Gasteiger partial charge in [-0.1, -0.05) is 53.7 Å². The molecule has 1 fully saturated rings. The fourth-order valence-corrected chi connectivity index (χ4v) is 4.85. The monoisotopic (exact) mass is 560 g/mol. The van der Waals surface area contributed by atoms with E-state index in [2.05, 4.69) is 21.0 Å². The lowest BCUT2D eigenvalue weighted by Gasteiger charge is -2.23. The van der Waals surface area contributed by atoms with Crippen LogP contribution in [0.1, 0.15) is 69.7 Å². The average molecular weight is 562 g/mol. The largest absolute Gasteiger partial charge is 0.483 e. The van der Waals surface area contributed by atoms with Crippen LogP contribution in [0, 0.1) is 10.1 Å². The molecule has 1 aliphatic carbocycles. The molecule has 8 nitrogen and oxygen atoms in total. The molecule has 0 aliphatic heterocycles. The molecule has 3 aromatic rings. The number of ether oxygens (including phenoxy) is 1. The first kappa shape index (κ1) is 25.3. The number of rotatable bonds is 7. The first-order chi connectivity index (χ1) is 16.8. The quantitative estimate of drug-likeness (QED) is 0.179. The van der Waals surface area contributed by atoms with Gasteiger partial charge in [-0.25, -0.2) is 4.98 Å². The van der Waals surface area contributed by atoms with Gasteiger partial charge in [-0.05, 0) is 50.5 Å². The van der Waals surface area contributed by atoms with E-state index in [1.807, 2.05) is 26.0 Å². The molecule has 0 spiro atoms. The van der Waals surface area contributed by atoms with Crippen LogP contribution in [0.2, 0.25) is 5.02 Å². The molecule has 0 saturated heterocycles. The maximum atomic E-state index is 13.5. The van der Waals surface area contributed by atoms with Gasteiger partial charge in [-0.3, -0.25) is 14.9 Å². The molecule has 2 aromatic carbocycles. The topological polar surface area (TPSA) is 99.6 Å². The van der Waals surface area contributed by atoms with E-state index in [1.165, 1.54) is 17.0 Å². The van der Waals surface area contributed by atoms with Crippen molar-refractivity contribution in [2.45, 2.75) is 64.4 Å². The summed E-state index contributed by atoms with van der Waals surface area (Å²) in [5, 5.41) is 16.8. The van der Waals surface area contributed by atoms with Crippen LogP contribution in [0.25, 0.3) is 10.9 Å². The van der Waals surface area contributed by atoms with Crippen LogP contribution in [-0.4, -0.2) is 26.9 Å². The zero-order chi connectivity index (χ0) is 25.1. The fraction of sp³-hybridized carbons (Fsp3) is 0.400. The van der Waals surface area contributed by atoms with Crippen molar-refractivity contribution in [1.29, 1.82) is 0 Å². The molecule has 1 heterocycles. The summed E-state index contributed by atoms with van der Waals surface area (Å²) in [5.74, 6) is 0.772. The molecule has 35 heavy (non-hydrogen) atoms. The van der Waals surface area contributed by atoms with E-state index in [4.69, 9.17) is 21.3 Å². The number of benzene rings is 2. The Kier molecular flexibility index (Phi) is 7.86. The molecule has 10 heteroatoms. The lowest BCUT2D eigenvalue weighted by atomic mass is 9.88. The van der Waals surface area contributed by atoms with Gasteiger partial charge >= 0.3 is 5.69 Å². The molecule has 0 amide bonds. The number of nitrogens with zero attached hydrogens (tertiary/aromatic N) is 4. The van der Waals surface area contributed by atoms with Crippen molar-refractivity contribution < 1.29 is 9.66 Å². The van der Waals surface area contributed by atoms with Gasteiger partial charge in [0.1, 0.15) is 5.82 Å². The molecule has 1 atom stereocenters. The van der Waals surface area contributed by atoms with Crippen LogP contribution in [0.3, 0.4) is 0 Å². The van der Waals surface area contributed by atoms with Crippen LogP contribution in [-0.2, 0) is 0 Å².